The standard InChI is InChI=1S/C21H17FIN3O4S/c1-12-10-16-17(11-18(12)31(28,29)25-20-9-5-8-19(22)24-20)30-21(27)26(16)13(2)14-6-3-4-7-15(14)23/h3-11,13H,1-2H3,(H,24,25). The molecule has 0 radical (unpaired) electrons. The van der Waals surface area contributed by atoms with Crippen molar-refractivity contribution in [2.75, 3.05) is 4.72 Å². The van der Waals surface area contributed by atoms with Gasteiger partial charge in [-0.1, -0.05) is 24.3 Å². The van der Waals surface area contributed by atoms with Crippen molar-refractivity contribution in [1.82, 2.24) is 9.55 Å². The van der Waals surface area contributed by atoms with Crippen LogP contribution in [0.2, 0.25) is 0 Å². The minimum absolute atomic E-state index is 0.0890. The lowest BCUT2D eigenvalue weighted by molar-refractivity contribution is 0.489. The van der Waals surface area contributed by atoms with Gasteiger partial charge in [0.2, 0.25) is 5.95 Å². The van der Waals surface area contributed by atoms with Crippen molar-refractivity contribution in [2.45, 2.75) is 24.8 Å². The second-order valence-electron chi connectivity index (χ2n) is 6.97. The molecule has 0 fully saturated rings. The minimum Gasteiger partial charge on any atom is -0.408 e. The normalized spacial score (nSPS) is 12.8. The van der Waals surface area contributed by atoms with Crippen LogP contribution in [0.5, 0.6) is 0 Å². The topological polar surface area (TPSA) is 94.2 Å². The van der Waals surface area contributed by atoms with Crippen LogP contribution in [-0.4, -0.2) is 18.0 Å². The van der Waals surface area contributed by atoms with Crippen LogP contribution in [0.4, 0.5) is 10.2 Å². The van der Waals surface area contributed by atoms with Crippen molar-refractivity contribution >= 4 is 49.5 Å². The van der Waals surface area contributed by atoms with E-state index in [0.29, 0.717) is 11.1 Å². The van der Waals surface area contributed by atoms with Gasteiger partial charge in [0.1, 0.15) is 5.82 Å². The third-order valence-corrected chi connectivity index (χ3v) is 7.38. The van der Waals surface area contributed by atoms with Crippen molar-refractivity contribution in [3.8, 4) is 0 Å². The average molecular weight is 553 g/mol. The molecule has 1 N–H and O–H groups in total. The number of fused-ring (bicyclic) bond motifs is 1. The van der Waals surface area contributed by atoms with Crippen LogP contribution in [0.1, 0.15) is 24.1 Å². The summed E-state index contributed by atoms with van der Waals surface area (Å²) >= 11 is 2.20. The first-order valence-electron chi connectivity index (χ1n) is 9.23. The number of nitrogens with zero attached hydrogens (tertiary/aromatic N) is 2. The lowest BCUT2D eigenvalue weighted by atomic mass is 10.1. The smallest absolute Gasteiger partial charge is 0.408 e. The van der Waals surface area contributed by atoms with E-state index in [9.17, 15) is 17.6 Å². The Morgan fingerprint density at radius 2 is 1.90 bits per heavy atom. The Morgan fingerprint density at radius 1 is 1.16 bits per heavy atom. The number of nitrogens with one attached hydrogen (secondary N) is 1. The highest BCUT2D eigenvalue weighted by molar-refractivity contribution is 14.1. The SMILES string of the molecule is Cc1cc2c(cc1S(=O)(=O)Nc1cccc(F)n1)oc(=O)n2C(C)c1ccccc1I. The van der Waals surface area contributed by atoms with E-state index in [4.69, 9.17) is 4.42 Å². The summed E-state index contributed by atoms with van der Waals surface area (Å²) < 4.78 is 49.2. The van der Waals surface area contributed by atoms with E-state index in [1.807, 2.05) is 31.2 Å². The first-order chi connectivity index (χ1) is 14.7. The summed E-state index contributed by atoms with van der Waals surface area (Å²) in [7, 11) is -4.09. The van der Waals surface area contributed by atoms with Crippen LogP contribution >= 0.6 is 22.6 Å². The number of sulfonamides is 1. The average Bonchev–Trinajstić information content (AvgIpc) is 3.01. The fourth-order valence-electron chi connectivity index (χ4n) is 3.43. The van der Waals surface area contributed by atoms with Gasteiger partial charge in [0.15, 0.2) is 5.58 Å². The van der Waals surface area contributed by atoms with Crippen LogP contribution in [0.25, 0.3) is 11.1 Å². The third kappa shape index (κ3) is 4.09. The van der Waals surface area contributed by atoms with Gasteiger partial charge in [-0.25, -0.2) is 18.2 Å². The molecule has 31 heavy (non-hydrogen) atoms. The lowest BCUT2D eigenvalue weighted by Gasteiger charge is -2.15. The molecule has 0 amide bonds. The molecule has 0 aliphatic rings. The molecule has 1 atom stereocenters. The van der Waals surface area contributed by atoms with Crippen molar-refractivity contribution < 1.29 is 17.2 Å². The first kappa shape index (κ1) is 21.5. The summed E-state index contributed by atoms with van der Waals surface area (Å²) in [5, 5.41) is 0. The van der Waals surface area contributed by atoms with Gasteiger partial charge in [-0.05, 0) is 71.8 Å². The number of hydrogen-bond donors (Lipinski definition) is 1. The van der Waals surface area contributed by atoms with E-state index in [-0.39, 0.29) is 22.3 Å². The molecule has 2 aromatic heterocycles. The van der Waals surface area contributed by atoms with E-state index < -0.39 is 21.7 Å². The molecule has 0 saturated carbocycles. The number of oxazole rings is 1. The third-order valence-electron chi connectivity index (χ3n) is 4.90. The minimum atomic E-state index is -4.09. The van der Waals surface area contributed by atoms with Crippen LogP contribution in [0.15, 0.2) is 68.7 Å². The highest BCUT2D eigenvalue weighted by atomic mass is 127. The van der Waals surface area contributed by atoms with Gasteiger partial charge in [-0.2, -0.15) is 4.39 Å². The molecule has 160 valence electrons. The zero-order valence-electron chi connectivity index (χ0n) is 16.5. The summed E-state index contributed by atoms with van der Waals surface area (Å²) in [6, 6.07) is 14.1. The second kappa shape index (κ2) is 8.08. The molecule has 0 aliphatic carbocycles. The van der Waals surface area contributed by atoms with E-state index in [1.165, 1.54) is 22.8 Å². The van der Waals surface area contributed by atoms with Gasteiger partial charge >= 0.3 is 5.76 Å². The number of aromatic nitrogens is 2. The number of benzene rings is 2. The lowest BCUT2D eigenvalue weighted by Crippen LogP contribution is -2.20. The van der Waals surface area contributed by atoms with E-state index in [0.717, 1.165) is 15.2 Å². The number of anilines is 1. The molecule has 0 aliphatic heterocycles. The highest BCUT2D eigenvalue weighted by Gasteiger charge is 2.24. The van der Waals surface area contributed by atoms with Crippen molar-refractivity contribution in [3.05, 3.63) is 85.8 Å². The maximum absolute atomic E-state index is 13.3. The van der Waals surface area contributed by atoms with Crippen LogP contribution in [-0.2, 0) is 10.0 Å². The van der Waals surface area contributed by atoms with E-state index in [2.05, 4.69) is 32.3 Å². The predicted molar refractivity (Wildman–Crippen MR) is 123 cm³/mol. The summed E-state index contributed by atoms with van der Waals surface area (Å²) in [5.74, 6) is -1.54. The summed E-state index contributed by atoms with van der Waals surface area (Å²) in [6.07, 6.45) is 0. The van der Waals surface area contributed by atoms with Crippen LogP contribution in [0.3, 0.4) is 0 Å². The Labute approximate surface area is 191 Å². The second-order valence-corrected chi connectivity index (χ2v) is 9.78. The van der Waals surface area contributed by atoms with Crippen LogP contribution in [0, 0.1) is 16.4 Å². The quantitative estimate of drug-likeness (QED) is 0.291. The number of aryl methyl sites for hydroxylation is 1. The number of pyridine rings is 1. The monoisotopic (exact) mass is 553 g/mol. The number of halogens is 2. The summed E-state index contributed by atoms with van der Waals surface area (Å²) in [6.45, 7) is 3.50. The molecule has 1 unspecified atom stereocenters. The van der Waals surface area contributed by atoms with Gasteiger partial charge in [-0.15, -0.1) is 0 Å². The summed E-state index contributed by atoms with van der Waals surface area (Å²) in [4.78, 5) is 16.1. The van der Waals surface area contributed by atoms with Crippen LogP contribution < -0.4 is 10.5 Å². The molecule has 7 nitrogen and oxygen atoms in total. The Hall–Kier alpha value is -2.73. The Kier molecular flexibility index (Phi) is 5.60. The molecular formula is C21H17FIN3O4S. The van der Waals surface area contributed by atoms with Gasteiger partial charge in [0, 0.05) is 9.64 Å². The number of rotatable bonds is 5. The van der Waals surface area contributed by atoms with Crippen molar-refractivity contribution in [2.24, 2.45) is 0 Å². The van der Waals surface area contributed by atoms with Crippen molar-refractivity contribution in [1.29, 1.82) is 0 Å². The molecule has 2 aromatic carbocycles. The number of hydrogen-bond acceptors (Lipinski definition) is 5. The van der Waals surface area contributed by atoms with E-state index in [1.54, 1.807) is 13.0 Å². The predicted octanol–water partition coefficient (Wildman–Crippen LogP) is 4.45. The Bertz CT molecular complexity index is 1460. The van der Waals surface area contributed by atoms with Gasteiger partial charge in [0.05, 0.1) is 16.5 Å². The zero-order chi connectivity index (χ0) is 22.3. The van der Waals surface area contributed by atoms with Gasteiger partial charge in [-0.3, -0.25) is 9.29 Å². The fraction of sp³-hybridized carbons (Fsp3) is 0.143. The van der Waals surface area contributed by atoms with Crippen molar-refractivity contribution in [3.63, 3.8) is 0 Å². The highest BCUT2D eigenvalue weighted by Crippen LogP contribution is 2.29. The molecular weight excluding hydrogens is 536 g/mol. The van der Waals surface area contributed by atoms with Gasteiger partial charge < -0.3 is 4.42 Å². The fourth-order valence-corrected chi connectivity index (χ4v) is 5.51. The maximum Gasteiger partial charge on any atom is 0.420 e. The van der Waals surface area contributed by atoms with Gasteiger partial charge in [0.25, 0.3) is 10.0 Å². The molecule has 0 spiro atoms. The molecule has 10 heteroatoms. The maximum atomic E-state index is 13.3. The zero-order valence-corrected chi connectivity index (χ0v) is 19.4. The molecule has 2 heterocycles. The molecule has 0 saturated heterocycles. The first-order valence-corrected chi connectivity index (χ1v) is 11.8. The van der Waals surface area contributed by atoms with E-state index >= 15 is 0 Å². The molecule has 0 bridgehead atoms. The molecule has 4 aromatic rings. The summed E-state index contributed by atoms with van der Waals surface area (Å²) in [5.41, 5.74) is 1.97. The Morgan fingerprint density at radius 3 is 2.61 bits per heavy atom. The molecule has 4 rings (SSSR count). The largest absolute Gasteiger partial charge is 0.420 e. The Balaban J connectivity index is 1.80.